The molecule has 0 aliphatic heterocycles. The number of carbonyl (C=O) groups is 3. The van der Waals surface area contributed by atoms with Crippen molar-refractivity contribution in [2.75, 3.05) is 7.05 Å². The molecule has 6 nitrogen and oxygen atoms in total. The average molecular weight is 408 g/mol. The number of nitrogens with zero attached hydrogens (tertiary/aromatic N) is 1. The zero-order chi connectivity index (χ0) is 21.8. The second-order valence-electron chi connectivity index (χ2n) is 7.91. The molecular weight excluding hydrogens is 380 g/mol. The van der Waals surface area contributed by atoms with Gasteiger partial charge in [-0.25, -0.2) is 4.79 Å². The van der Waals surface area contributed by atoms with E-state index in [0.29, 0.717) is 17.5 Å². The zero-order valence-corrected chi connectivity index (χ0v) is 17.6. The summed E-state index contributed by atoms with van der Waals surface area (Å²) in [5, 5.41) is 12.2. The molecular formula is C24H28N2O4. The molecule has 2 amide bonds. The maximum Gasteiger partial charge on any atom is 0.335 e. The summed E-state index contributed by atoms with van der Waals surface area (Å²) in [4.78, 5) is 37.5. The van der Waals surface area contributed by atoms with Gasteiger partial charge in [0.15, 0.2) is 0 Å². The number of hydrogen-bond acceptors (Lipinski definition) is 3. The van der Waals surface area contributed by atoms with Crippen LogP contribution in [-0.2, 0) is 4.79 Å². The number of carboxylic acids is 1. The smallest absolute Gasteiger partial charge is 0.335 e. The fraction of sp³-hybridized carbons (Fsp3) is 0.375. The van der Waals surface area contributed by atoms with Crippen LogP contribution in [0, 0.1) is 6.92 Å². The van der Waals surface area contributed by atoms with Crippen molar-refractivity contribution >= 4 is 17.8 Å². The highest BCUT2D eigenvalue weighted by atomic mass is 16.4. The van der Waals surface area contributed by atoms with Crippen LogP contribution in [0.3, 0.4) is 0 Å². The highest BCUT2D eigenvalue weighted by Crippen LogP contribution is 2.26. The van der Waals surface area contributed by atoms with Gasteiger partial charge in [-0.15, -0.1) is 0 Å². The van der Waals surface area contributed by atoms with E-state index in [1.807, 2.05) is 32.2 Å². The van der Waals surface area contributed by atoms with E-state index in [2.05, 4.69) is 5.32 Å². The third-order valence-electron chi connectivity index (χ3n) is 5.88. The number of carbonyl (C=O) groups excluding carboxylic acids is 2. The van der Waals surface area contributed by atoms with Gasteiger partial charge >= 0.3 is 5.97 Å². The van der Waals surface area contributed by atoms with Crippen LogP contribution >= 0.6 is 0 Å². The number of aromatic carboxylic acids is 1. The molecule has 1 unspecified atom stereocenters. The number of rotatable bonds is 6. The first kappa shape index (κ1) is 21.6. The van der Waals surface area contributed by atoms with Crippen molar-refractivity contribution in [3.8, 4) is 11.1 Å². The van der Waals surface area contributed by atoms with Gasteiger partial charge in [-0.1, -0.05) is 31.2 Å². The molecule has 0 aromatic heterocycles. The Kier molecular flexibility index (Phi) is 6.55. The van der Waals surface area contributed by atoms with Crippen molar-refractivity contribution in [2.45, 2.75) is 51.6 Å². The molecule has 0 saturated heterocycles. The minimum atomic E-state index is -0.938. The van der Waals surface area contributed by atoms with Crippen LogP contribution in [0.15, 0.2) is 42.5 Å². The van der Waals surface area contributed by atoms with E-state index in [0.717, 1.165) is 30.4 Å². The molecule has 2 aromatic carbocycles. The first-order chi connectivity index (χ1) is 14.3. The molecule has 0 bridgehead atoms. The summed E-state index contributed by atoms with van der Waals surface area (Å²) in [5.74, 6) is -0.922. The normalized spacial score (nSPS) is 18.1. The minimum Gasteiger partial charge on any atom is -0.478 e. The van der Waals surface area contributed by atoms with Crippen molar-refractivity contribution in [1.82, 2.24) is 10.2 Å². The summed E-state index contributed by atoms with van der Waals surface area (Å²) >= 11 is 0. The lowest BCUT2D eigenvalue weighted by Crippen LogP contribution is -2.38. The number of aryl methyl sites for hydroxylation is 1. The standard InChI is InChI=1S/C24H28N2O4/c1-4-22(27)25-19-10-11-20(14-19)26(3)23(28)17-7-5-16(6-8-17)18-9-12-21(24(29)30)15(2)13-18/h5-9,12-13,19-20H,4,10-11,14H2,1-3H3,(H,25,27)(H,29,30)/t19-,20?/m0/s1. The van der Waals surface area contributed by atoms with E-state index >= 15 is 0 Å². The van der Waals surface area contributed by atoms with E-state index in [4.69, 9.17) is 0 Å². The Morgan fingerprint density at radius 2 is 1.73 bits per heavy atom. The summed E-state index contributed by atoms with van der Waals surface area (Å²) < 4.78 is 0. The fourth-order valence-corrected chi connectivity index (χ4v) is 4.03. The first-order valence-corrected chi connectivity index (χ1v) is 10.3. The lowest BCUT2D eigenvalue weighted by Gasteiger charge is -2.25. The van der Waals surface area contributed by atoms with Crippen LogP contribution in [0.25, 0.3) is 11.1 Å². The van der Waals surface area contributed by atoms with E-state index in [1.165, 1.54) is 0 Å². The molecule has 3 rings (SSSR count). The van der Waals surface area contributed by atoms with E-state index in [1.54, 1.807) is 36.1 Å². The largest absolute Gasteiger partial charge is 0.478 e. The van der Waals surface area contributed by atoms with Crippen molar-refractivity contribution in [2.24, 2.45) is 0 Å². The minimum absolute atomic E-state index is 0.0357. The first-order valence-electron chi connectivity index (χ1n) is 10.3. The molecule has 2 atom stereocenters. The van der Waals surface area contributed by atoms with Crippen LogP contribution < -0.4 is 5.32 Å². The molecule has 0 heterocycles. The summed E-state index contributed by atoms with van der Waals surface area (Å²) in [7, 11) is 1.82. The molecule has 158 valence electrons. The summed E-state index contributed by atoms with van der Waals surface area (Å²) in [6.45, 7) is 3.61. The molecule has 1 aliphatic carbocycles. The Hall–Kier alpha value is -3.15. The molecule has 0 radical (unpaired) electrons. The van der Waals surface area contributed by atoms with Crippen LogP contribution in [0.4, 0.5) is 0 Å². The van der Waals surface area contributed by atoms with Gasteiger partial charge in [0.05, 0.1) is 5.56 Å². The number of amides is 2. The van der Waals surface area contributed by atoms with Crippen molar-refractivity contribution in [1.29, 1.82) is 0 Å². The van der Waals surface area contributed by atoms with Crippen LogP contribution in [0.5, 0.6) is 0 Å². The van der Waals surface area contributed by atoms with E-state index in [9.17, 15) is 19.5 Å². The van der Waals surface area contributed by atoms with Gasteiger partial charge in [-0.3, -0.25) is 9.59 Å². The number of carboxylic acid groups (broad SMARTS) is 1. The zero-order valence-electron chi connectivity index (χ0n) is 17.6. The van der Waals surface area contributed by atoms with Crippen LogP contribution in [-0.4, -0.2) is 46.9 Å². The SMILES string of the molecule is CCC(=O)N[C@H]1CCC(N(C)C(=O)c2ccc(-c3ccc(C(=O)O)c(C)c3)cc2)C1. The van der Waals surface area contributed by atoms with Crippen LogP contribution in [0.1, 0.15) is 58.9 Å². The quantitative estimate of drug-likeness (QED) is 0.759. The summed E-state index contributed by atoms with van der Waals surface area (Å²) in [6.07, 6.45) is 3.02. The highest BCUT2D eigenvalue weighted by molar-refractivity contribution is 5.95. The molecule has 2 aromatic rings. The van der Waals surface area contributed by atoms with Gasteiger partial charge in [0.1, 0.15) is 0 Å². The van der Waals surface area contributed by atoms with Crippen molar-refractivity contribution < 1.29 is 19.5 Å². The second kappa shape index (κ2) is 9.11. The van der Waals surface area contributed by atoms with Crippen molar-refractivity contribution in [3.05, 3.63) is 59.2 Å². The van der Waals surface area contributed by atoms with Gasteiger partial charge in [0, 0.05) is 31.1 Å². The lowest BCUT2D eigenvalue weighted by molar-refractivity contribution is -0.121. The van der Waals surface area contributed by atoms with Gasteiger partial charge in [-0.2, -0.15) is 0 Å². The summed E-state index contributed by atoms with van der Waals surface area (Å²) in [5.41, 5.74) is 3.44. The molecule has 1 aliphatic rings. The maximum atomic E-state index is 12.9. The Labute approximate surface area is 176 Å². The van der Waals surface area contributed by atoms with Gasteiger partial charge < -0.3 is 15.3 Å². The molecule has 1 saturated carbocycles. The summed E-state index contributed by atoms with van der Waals surface area (Å²) in [6, 6.07) is 12.9. The van der Waals surface area contributed by atoms with Gasteiger partial charge in [-0.05, 0) is 61.1 Å². The Bertz CT molecular complexity index is 952. The highest BCUT2D eigenvalue weighted by Gasteiger charge is 2.30. The third kappa shape index (κ3) is 4.70. The predicted octanol–water partition coefficient (Wildman–Crippen LogP) is 3.88. The third-order valence-corrected chi connectivity index (χ3v) is 5.88. The van der Waals surface area contributed by atoms with E-state index < -0.39 is 5.97 Å². The average Bonchev–Trinajstić information content (AvgIpc) is 3.20. The number of nitrogens with one attached hydrogen (secondary N) is 1. The second-order valence-corrected chi connectivity index (χ2v) is 7.91. The molecule has 6 heteroatoms. The molecule has 0 spiro atoms. The number of benzene rings is 2. The maximum absolute atomic E-state index is 12.9. The van der Waals surface area contributed by atoms with Crippen LogP contribution in [0.2, 0.25) is 0 Å². The Balaban J connectivity index is 1.67. The monoisotopic (exact) mass is 408 g/mol. The lowest BCUT2D eigenvalue weighted by atomic mass is 9.99. The Morgan fingerprint density at radius 1 is 1.07 bits per heavy atom. The number of hydrogen-bond donors (Lipinski definition) is 2. The van der Waals surface area contributed by atoms with Gasteiger partial charge in [0.2, 0.25) is 5.91 Å². The predicted molar refractivity (Wildman–Crippen MR) is 116 cm³/mol. The fourth-order valence-electron chi connectivity index (χ4n) is 4.03. The molecule has 30 heavy (non-hydrogen) atoms. The Morgan fingerprint density at radius 3 is 2.33 bits per heavy atom. The van der Waals surface area contributed by atoms with Crippen molar-refractivity contribution in [3.63, 3.8) is 0 Å². The molecule has 1 fully saturated rings. The molecule has 2 N–H and O–H groups in total. The topological polar surface area (TPSA) is 86.7 Å². The van der Waals surface area contributed by atoms with Gasteiger partial charge in [0.25, 0.3) is 5.91 Å². The van der Waals surface area contributed by atoms with E-state index in [-0.39, 0.29) is 29.5 Å².